The predicted octanol–water partition coefficient (Wildman–Crippen LogP) is 1.22. The number of para-hydroxylation sites is 1. The van der Waals surface area contributed by atoms with E-state index in [1.807, 2.05) is 0 Å². The topological polar surface area (TPSA) is 66.1 Å². The molecular weight excluding hydrogens is 170 g/mol. The van der Waals surface area contributed by atoms with Gasteiger partial charge in [-0.1, -0.05) is 12.1 Å². The van der Waals surface area contributed by atoms with E-state index in [2.05, 4.69) is 5.32 Å². The fourth-order valence-corrected chi connectivity index (χ4v) is 0.960. The number of carbonyl (C=O) groups excluding carboxylic acids is 2. The average Bonchev–Trinajstić information content (AvgIpc) is 2.03. The Bertz CT molecular complexity index is 346. The van der Waals surface area contributed by atoms with Crippen LogP contribution < -0.4 is 5.32 Å². The second-order valence-electron chi connectivity index (χ2n) is 2.51. The molecule has 1 N–H and O–H groups in total. The molecule has 67 valence electrons. The number of hydrogen-bond donors (Lipinski definition) is 1. The zero-order chi connectivity index (χ0) is 9.84. The highest BCUT2D eigenvalue weighted by molar-refractivity contribution is 5.99. The number of nitrogens with one attached hydrogen (secondary N) is 1. The second-order valence-corrected chi connectivity index (χ2v) is 2.51. The summed E-state index contributed by atoms with van der Waals surface area (Å²) in [6.07, 6.45) is 0. The Labute approximate surface area is 75.2 Å². The summed E-state index contributed by atoms with van der Waals surface area (Å²) in [5.74, 6) is -1.61. The fourth-order valence-electron chi connectivity index (χ4n) is 0.960. The van der Waals surface area contributed by atoms with E-state index in [4.69, 9.17) is 0 Å². The molecule has 0 spiro atoms. The van der Waals surface area contributed by atoms with Crippen molar-refractivity contribution in [3.05, 3.63) is 29.8 Å². The molecule has 4 nitrogen and oxygen atoms in total. The van der Waals surface area contributed by atoms with Crippen LogP contribution in [-0.2, 0) is 9.90 Å². The summed E-state index contributed by atoms with van der Waals surface area (Å²) in [6, 6.07) is 6.08. The summed E-state index contributed by atoms with van der Waals surface area (Å²) in [4.78, 5) is 21.2. The Kier molecular flexibility index (Phi) is 2.64. The summed E-state index contributed by atoms with van der Waals surface area (Å²) in [7, 11) is 0. The minimum Gasteiger partial charge on any atom is -0.326 e. The third-order valence-electron chi connectivity index (χ3n) is 1.46. The van der Waals surface area contributed by atoms with Crippen molar-refractivity contribution in [1.82, 2.24) is 0 Å². The molecule has 1 rings (SSSR count). The van der Waals surface area contributed by atoms with Crippen LogP contribution in [0.5, 0.6) is 0 Å². The first kappa shape index (κ1) is 9.25. The molecule has 0 aliphatic rings. The van der Waals surface area contributed by atoms with Crippen LogP contribution in [0.1, 0.15) is 17.3 Å². The molecule has 0 saturated heterocycles. The normalized spacial score (nSPS) is 9.31. The van der Waals surface area contributed by atoms with Crippen molar-refractivity contribution in [3.8, 4) is 0 Å². The standard InChI is InChI=1S/C9H8NO3/c1-6(11)10-8-5-3-2-4-7(8)9(12)13/h2-5H,1H3,(H,10,11). The maximum atomic E-state index is 10.7. The number of anilines is 1. The van der Waals surface area contributed by atoms with Gasteiger partial charge >= 0.3 is 5.97 Å². The van der Waals surface area contributed by atoms with Gasteiger partial charge in [-0.05, 0) is 12.1 Å². The van der Waals surface area contributed by atoms with E-state index in [0.29, 0.717) is 0 Å². The van der Waals surface area contributed by atoms with Crippen LogP contribution in [0.2, 0.25) is 0 Å². The van der Waals surface area contributed by atoms with Crippen LogP contribution >= 0.6 is 0 Å². The molecule has 0 aliphatic carbocycles. The first-order valence-electron chi connectivity index (χ1n) is 3.69. The summed E-state index contributed by atoms with van der Waals surface area (Å²) in [6.45, 7) is 1.31. The van der Waals surface area contributed by atoms with Crippen LogP contribution in [0.3, 0.4) is 0 Å². The zero-order valence-corrected chi connectivity index (χ0v) is 7.03. The molecule has 0 aromatic heterocycles. The van der Waals surface area contributed by atoms with Crippen molar-refractivity contribution < 1.29 is 14.7 Å². The molecule has 0 heterocycles. The molecule has 0 atom stereocenters. The van der Waals surface area contributed by atoms with Crippen molar-refractivity contribution >= 4 is 17.6 Å². The number of hydrogen-bond acceptors (Lipinski definition) is 2. The Morgan fingerprint density at radius 1 is 1.23 bits per heavy atom. The Morgan fingerprint density at radius 3 is 2.38 bits per heavy atom. The van der Waals surface area contributed by atoms with E-state index in [1.54, 1.807) is 12.1 Å². The first-order valence-corrected chi connectivity index (χ1v) is 3.69. The van der Waals surface area contributed by atoms with Gasteiger partial charge in [-0.25, -0.2) is 9.90 Å². The highest BCUT2D eigenvalue weighted by Crippen LogP contribution is 2.14. The van der Waals surface area contributed by atoms with E-state index >= 15 is 0 Å². The number of carbonyl (C=O) groups is 2. The molecule has 4 heteroatoms. The van der Waals surface area contributed by atoms with E-state index in [-0.39, 0.29) is 17.2 Å². The third kappa shape index (κ3) is 2.30. The fraction of sp³-hybridized carbons (Fsp3) is 0.111. The summed E-state index contributed by atoms with van der Waals surface area (Å²) < 4.78 is 0. The highest BCUT2D eigenvalue weighted by atomic mass is 16.4. The average molecular weight is 178 g/mol. The van der Waals surface area contributed by atoms with Crippen molar-refractivity contribution in [3.63, 3.8) is 0 Å². The van der Waals surface area contributed by atoms with Crippen molar-refractivity contribution in [2.75, 3.05) is 5.32 Å². The van der Waals surface area contributed by atoms with Crippen LogP contribution in [-0.4, -0.2) is 11.9 Å². The largest absolute Gasteiger partial charge is 0.388 e. The lowest BCUT2D eigenvalue weighted by Crippen LogP contribution is -2.09. The molecule has 1 amide bonds. The summed E-state index contributed by atoms with van der Waals surface area (Å²) in [5.41, 5.74) is 0.243. The molecule has 1 radical (unpaired) electrons. The summed E-state index contributed by atoms with van der Waals surface area (Å²) in [5, 5.41) is 12.9. The second kappa shape index (κ2) is 3.71. The van der Waals surface area contributed by atoms with Crippen LogP contribution in [0.4, 0.5) is 5.69 Å². The number of amides is 1. The van der Waals surface area contributed by atoms with Gasteiger partial charge in [0.1, 0.15) is 0 Å². The highest BCUT2D eigenvalue weighted by Gasteiger charge is 2.10. The molecular formula is C9H8NO3. The van der Waals surface area contributed by atoms with E-state index in [9.17, 15) is 14.7 Å². The molecule has 0 unspecified atom stereocenters. The number of rotatable bonds is 2. The molecule has 0 bridgehead atoms. The van der Waals surface area contributed by atoms with Gasteiger partial charge in [-0.2, -0.15) is 0 Å². The van der Waals surface area contributed by atoms with Gasteiger partial charge in [0.15, 0.2) is 0 Å². The Balaban J connectivity index is 3.04. The Morgan fingerprint density at radius 2 is 1.85 bits per heavy atom. The van der Waals surface area contributed by atoms with Gasteiger partial charge in [-0.15, -0.1) is 0 Å². The molecule has 0 aliphatic heterocycles. The van der Waals surface area contributed by atoms with Crippen LogP contribution in [0, 0.1) is 0 Å². The van der Waals surface area contributed by atoms with Crippen molar-refractivity contribution in [1.29, 1.82) is 0 Å². The molecule has 1 aromatic carbocycles. The van der Waals surface area contributed by atoms with Gasteiger partial charge in [-0.3, -0.25) is 4.79 Å². The van der Waals surface area contributed by atoms with Gasteiger partial charge < -0.3 is 5.32 Å². The van der Waals surface area contributed by atoms with Gasteiger partial charge in [0.05, 0.1) is 11.3 Å². The SMILES string of the molecule is CC(=O)Nc1ccccc1C([O])=O. The monoisotopic (exact) mass is 178 g/mol. The zero-order valence-electron chi connectivity index (χ0n) is 7.03. The van der Waals surface area contributed by atoms with Gasteiger partial charge in [0.25, 0.3) is 0 Å². The lowest BCUT2D eigenvalue weighted by atomic mass is 10.2. The van der Waals surface area contributed by atoms with E-state index in [0.717, 1.165) is 0 Å². The first-order chi connectivity index (χ1) is 6.11. The number of benzene rings is 1. The maximum Gasteiger partial charge on any atom is 0.388 e. The molecule has 0 fully saturated rings. The Hall–Kier alpha value is -1.84. The lowest BCUT2D eigenvalue weighted by molar-refractivity contribution is -0.114. The van der Waals surface area contributed by atoms with Crippen LogP contribution in [0.15, 0.2) is 24.3 Å². The lowest BCUT2D eigenvalue weighted by Gasteiger charge is -2.03. The summed E-state index contributed by atoms with van der Waals surface area (Å²) >= 11 is 0. The predicted molar refractivity (Wildman–Crippen MR) is 45.8 cm³/mol. The minimum absolute atomic E-state index is 0.0160. The minimum atomic E-state index is -1.30. The molecule has 13 heavy (non-hydrogen) atoms. The van der Waals surface area contributed by atoms with Crippen molar-refractivity contribution in [2.45, 2.75) is 6.92 Å². The van der Waals surface area contributed by atoms with E-state index in [1.165, 1.54) is 19.1 Å². The molecule has 0 saturated carbocycles. The third-order valence-corrected chi connectivity index (χ3v) is 1.46. The van der Waals surface area contributed by atoms with Crippen molar-refractivity contribution in [2.24, 2.45) is 0 Å². The maximum absolute atomic E-state index is 10.7. The van der Waals surface area contributed by atoms with Crippen LogP contribution in [0.25, 0.3) is 0 Å². The molecule has 1 aromatic rings. The van der Waals surface area contributed by atoms with E-state index < -0.39 is 5.97 Å². The van der Waals surface area contributed by atoms with Gasteiger partial charge in [0.2, 0.25) is 5.91 Å². The smallest absolute Gasteiger partial charge is 0.326 e. The quantitative estimate of drug-likeness (QED) is 0.739. The van der Waals surface area contributed by atoms with Gasteiger partial charge in [0, 0.05) is 6.92 Å².